The van der Waals surface area contributed by atoms with Crippen LogP contribution in [0.5, 0.6) is 0 Å². The Morgan fingerprint density at radius 3 is 2.17 bits per heavy atom. The van der Waals surface area contributed by atoms with Crippen molar-refractivity contribution in [3.05, 3.63) is 30.6 Å². The topological polar surface area (TPSA) is 47.0 Å². The van der Waals surface area contributed by atoms with Crippen LogP contribution >= 0.6 is 0 Å². The summed E-state index contributed by atoms with van der Waals surface area (Å²) in [5, 5.41) is 0. The molecule has 2 N–H and O–H groups in total. The number of pyridine rings is 1. The van der Waals surface area contributed by atoms with Crippen LogP contribution in [-0.4, -0.2) is 5.91 Å². The zero-order valence-electron chi connectivity index (χ0n) is 7.53. The number of carbonyl (C=O) groups is 1. The van der Waals surface area contributed by atoms with Crippen LogP contribution in [0.3, 0.4) is 0 Å². The van der Waals surface area contributed by atoms with E-state index in [1.54, 1.807) is 17.0 Å². The molecule has 0 spiro atoms. The van der Waals surface area contributed by atoms with Gasteiger partial charge < -0.3 is 5.73 Å². The molecule has 0 unspecified atom stereocenters. The molecule has 1 amide bonds. The molecule has 0 aromatic carbocycles. The Morgan fingerprint density at radius 2 is 1.75 bits per heavy atom. The lowest BCUT2D eigenvalue weighted by molar-refractivity contribution is -0.684. The number of rotatable bonds is 2. The molecule has 0 aliphatic heterocycles. The molecule has 0 aliphatic rings. The monoisotopic (exact) mass is 167 g/mol. The van der Waals surface area contributed by atoms with Crippen LogP contribution in [0.1, 0.15) is 13.8 Å². The molecule has 1 aromatic rings. The molecule has 1 rings (SSSR count). The van der Waals surface area contributed by atoms with Gasteiger partial charge in [-0.3, -0.25) is 4.79 Å². The zero-order chi connectivity index (χ0) is 9.40. The maximum absolute atomic E-state index is 10.4. The van der Waals surface area contributed by atoms with Gasteiger partial charge in [0.15, 0.2) is 12.4 Å². The summed E-state index contributed by atoms with van der Waals surface area (Å²) in [7, 11) is 0. The van der Waals surface area contributed by atoms with Gasteiger partial charge in [0.05, 0.1) is 0 Å². The van der Waals surface area contributed by atoms with Crippen molar-refractivity contribution in [2.24, 2.45) is 5.73 Å². The molecule has 1 heterocycles. The van der Waals surface area contributed by atoms with Crippen molar-refractivity contribution in [2.45, 2.75) is 20.4 Å². The highest BCUT2D eigenvalue weighted by atomic mass is 16.1. The number of nitrogens with zero attached hydrogens (tertiary/aromatic N) is 1. The second-order valence-electron chi connectivity index (χ2n) is 2.01. The largest absolute Gasteiger partial charge is 0.364 e. The first-order valence-electron chi connectivity index (χ1n) is 4.01. The van der Waals surface area contributed by atoms with Gasteiger partial charge in [0.1, 0.15) is 0 Å². The molecule has 3 heteroatoms. The fourth-order valence-electron chi connectivity index (χ4n) is 0.720. The molecular formula is C9H15N2O+. The van der Waals surface area contributed by atoms with Crippen molar-refractivity contribution in [3.63, 3.8) is 0 Å². The van der Waals surface area contributed by atoms with Crippen LogP contribution in [0.4, 0.5) is 0 Å². The summed E-state index contributed by atoms with van der Waals surface area (Å²) in [6.45, 7) is 4.25. The molecule has 12 heavy (non-hydrogen) atoms. The lowest BCUT2D eigenvalue weighted by Gasteiger charge is -1.88. The fourth-order valence-corrected chi connectivity index (χ4v) is 0.720. The summed E-state index contributed by atoms with van der Waals surface area (Å²) >= 11 is 0. The molecule has 0 radical (unpaired) electrons. The maximum atomic E-state index is 10.4. The minimum Gasteiger partial charge on any atom is -0.364 e. The minimum absolute atomic E-state index is 0.251. The minimum atomic E-state index is -0.323. The van der Waals surface area contributed by atoms with Crippen molar-refractivity contribution in [3.8, 4) is 0 Å². The molecular weight excluding hydrogens is 152 g/mol. The number of primary amides is 1. The maximum Gasteiger partial charge on any atom is 0.283 e. The van der Waals surface area contributed by atoms with Gasteiger partial charge in [0.2, 0.25) is 6.54 Å². The molecule has 0 saturated carbocycles. The molecule has 1 aromatic heterocycles. The van der Waals surface area contributed by atoms with Crippen molar-refractivity contribution in [2.75, 3.05) is 0 Å². The van der Waals surface area contributed by atoms with Crippen LogP contribution in [0.15, 0.2) is 30.6 Å². The Morgan fingerprint density at radius 1 is 1.25 bits per heavy atom. The normalized spacial score (nSPS) is 8.17. The summed E-state index contributed by atoms with van der Waals surface area (Å²) in [4.78, 5) is 10.4. The van der Waals surface area contributed by atoms with E-state index >= 15 is 0 Å². The first kappa shape index (κ1) is 10.6. The first-order valence-corrected chi connectivity index (χ1v) is 4.01. The van der Waals surface area contributed by atoms with Gasteiger partial charge in [0.25, 0.3) is 5.91 Å². The Labute approximate surface area is 72.8 Å². The third kappa shape index (κ3) is 4.44. The number of amides is 1. The second-order valence-corrected chi connectivity index (χ2v) is 2.01. The van der Waals surface area contributed by atoms with Crippen LogP contribution in [-0.2, 0) is 11.3 Å². The third-order valence-electron chi connectivity index (χ3n) is 1.12. The Bertz CT molecular complexity index is 221. The Hall–Kier alpha value is -1.38. The summed E-state index contributed by atoms with van der Waals surface area (Å²) in [6, 6.07) is 5.59. The number of carbonyl (C=O) groups excluding carboxylic acids is 1. The molecule has 0 atom stereocenters. The Balaban J connectivity index is 0.000000561. The highest BCUT2D eigenvalue weighted by Crippen LogP contribution is 1.75. The summed E-state index contributed by atoms with van der Waals surface area (Å²) in [6.07, 6.45) is 3.59. The number of aromatic nitrogens is 1. The van der Waals surface area contributed by atoms with E-state index in [-0.39, 0.29) is 12.5 Å². The van der Waals surface area contributed by atoms with Gasteiger partial charge in [-0.15, -0.1) is 0 Å². The lowest BCUT2D eigenvalue weighted by Crippen LogP contribution is -2.39. The van der Waals surface area contributed by atoms with E-state index in [0.717, 1.165) is 0 Å². The average molecular weight is 167 g/mol. The molecule has 66 valence electrons. The van der Waals surface area contributed by atoms with Gasteiger partial charge in [0, 0.05) is 12.1 Å². The molecule has 0 saturated heterocycles. The molecule has 3 nitrogen and oxygen atoms in total. The molecule has 0 bridgehead atoms. The first-order chi connectivity index (χ1) is 5.79. The van der Waals surface area contributed by atoms with E-state index in [4.69, 9.17) is 5.73 Å². The number of nitrogens with two attached hydrogens (primary N) is 1. The van der Waals surface area contributed by atoms with E-state index in [1.165, 1.54) is 0 Å². The number of hydrogen-bond donors (Lipinski definition) is 1. The second kappa shape index (κ2) is 6.34. The van der Waals surface area contributed by atoms with Gasteiger partial charge in [-0.2, -0.15) is 4.57 Å². The van der Waals surface area contributed by atoms with Crippen LogP contribution < -0.4 is 10.3 Å². The van der Waals surface area contributed by atoms with E-state index in [9.17, 15) is 4.79 Å². The molecule has 0 fully saturated rings. The smallest absolute Gasteiger partial charge is 0.283 e. The third-order valence-corrected chi connectivity index (χ3v) is 1.12. The quantitative estimate of drug-likeness (QED) is 0.640. The SMILES string of the molecule is CC.NC(=O)C[n+]1ccccc1. The predicted octanol–water partition coefficient (Wildman–Crippen LogP) is 0.486. The van der Waals surface area contributed by atoms with E-state index in [0.29, 0.717) is 0 Å². The van der Waals surface area contributed by atoms with Gasteiger partial charge >= 0.3 is 0 Å². The van der Waals surface area contributed by atoms with Crippen LogP contribution in [0, 0.1) is 0 Å². The van der Waals surface area contributed by atoms with E-state index in [2.05, 4.69) is 0 Å². The van der Waals surface area contributed by atoms with Crippen LogP contribution in [0.25, 0.3) is 0 Å². The van der Waals surface area contributed by atoms with E-state index < -0.39 is 0 Å². The summed E-state index contributed by atoms with van der Waals surface area (Å²) < 4.78 is 1.72. The van der Waals surface area contributed by atoms with Gasteiger partial charge in [-0.1, -0.05) is 19.9 Å². The van der Waals surface area contributed by atoms with Crippen molar-refractivity contribution < 1.29 is 9.36 Å². The highest BCUT2D eigenvalue weighted by molar-refractivity contribution is 5.72. The molecule has 0 aliphatic carbocycles. The van der Waals surface area contributed by atoms with Crippen molar-refractivity contribution >= 4 is 5.91 Å². The lowest BCUT2D eigenvalue weighted by atomic mass is 10.5. The average Bonchev–Trinajstić information content (AvgIpc) is 2.08. The van der Waals surface area contributed by atoms with Crippen molar-refractivity contribution in [1.82, 2.24) is 0 Å². The summed E-state index contributed by atoms with van der Waals surface area (Å²) in [5.74, 6) is -0.323. The van der Waals surface area contributed by atoms with Gasteiger partial charge in [-0.25, -0.2) is 0 Å². The van der Waals surface area contributed by atoms with Crippen LogP contribution in [0.2, 0.25) is 0 Å². The zero-order valence-corrected chi connectivity index (χ0v) is 7.53. The predicted molar refractivity (Wildman–Crippen MR) is 47.2 cm³/mol. The summed E-state index contributed by atoms with van der Waals surface area (Å²) in [5.41, 5.74) is 4.96. The highest BCUT2D eigenvalue weighted by Gasteiger charge is 2.00. The van der Waals surface area contributed by atoms with Crippen molar-refractivity contribution in [1.29, 1.82) is 0 Å². The Kier molecular flexibility index (Phi) is 5.61. The standard InChI is InChI=1S/C7H8N2O.C2H6/c8-7(10)6-9-4-2-1-3-5-9;1-2/h1-5H,6H2,(H-,8,10);1-2H3/p+1. The number of hydrogen-bond acceptors (Lipinski definition) is 1. The van der Waals surface area contributed by atoms with Gasteiger partial charge in [-0.05, 0) is 0 Å². The van der Waals surface area contributed by atoms with E-state index in [1.807, 2.05) is 32.0 Å². The fraction of sp³-hybridized carbons (Fsp3) is 0.333.